The Kier molecular flexibility index (Phi) is 11.5. The average Bonchev–Trinajstić information content (AvgIpc) is 3.12. The largest absolute Gasteiger partial charge is 0.462 e. The molecule has 5 aromatic rings. The van der Waals surface area contributed by atoms with Crippen molar-refractivity contribution in [3.63, 3.8) is 0 Å². The zero-order valence-electron chi connectivity index (χ0n) is 26.1. The van der Waals surface area contributed by atoms with Crippen LogP contribution in [0.4, 0.5) is 11.4 Å². The molecule has 0 aliphatic heterocycles. The van der Waals surface area contributed by atoms with Gasteiger partial charge in [-0.15, -0.1) is 11.8 Å². The van der Waals surface area contributed by atoms with E-state index in [2.05, 4.69) is 16.0 Å². The zero-order chi connectivity index (χ0) is 33.7. The highest BCUT2D eigenvalue weighted by atomic mass is 32.2. The number of amides is 3. The van der Waals surface area contributed by atoms with E-state index >= 15 is 0 Å². The Morgan fingerprint density at radius 3 is 1.88 bits per heavy atom. The summed E-state index contributed by atoms with van der Waals surface area (Å²) in [4.78, 5) is 51.6. The fraction of sp³-hybridized carbons (Fsp3) is 0.0769. The number of hydrogen-bond acceptors (Lipinski definition) is 6. The smallest absolute Gasteiger partial charge is 0.338 e. The standard InChI is InChI=1S/C39H33N3O5S/c1-2-47-39(46)31-17-19-32(20-18-31)40-36(43)26-48-34-23-21-33(22-24-34)41-38(45)35(42-37(44)30-11-7-4-8-12-30)25-27-13-15-29(16-14-27)28-9-5-3-6-10-28/h3-25H,2,26H2,1H3,(H,40,43)(H,41,45)(H,42,44)/b35-25-. The number of carbonyl (C=O) groups is 4. The van der Waals surface area contributed by atoms with E-state index in [1.807, 2.05) is 60.7 Å². The summed E-state index contributed by atoms with van der Waals surface area (Å²) in [5.74, 6) is -1.35. The monoisotopic (exact) mass is 655 g/mol. The van der Waals surface area contributed by atoms with Gasteiger partial charge in [0.05, 0.1) is 17.9 Å². The van der Waals surface area contributed by atoms with Gasteiger partial charge in [0, 0.05) is 21.8 Å². The summed E-state index contributed by atoms with van der Waals surface area (Å²) in [5, 5.41) is 8.43. The molecule has 0 bridgehead atoms. The molecule has 0 unspecified atom stereocenters. The maximum atomic E-state index is 13.5. The van der Waals surface area contributed by atoms with Crippen LogP contribution >= 0.6 is 11.8 Å². The molecule has 5 aromatic carbocycles. The van der Waals surface area contributed by atoms with Crippen molar-refractivity contribution in [1.82, 2.24) is 5.32 Å². The first-order valence-electron chi connectivity index (χ1n) is 15.2. The van der Waals surface area contributed by atoms with E-state index in [1.54, 1.807) is 85.8 Å². The topological polar surface area (TPSA) is 114 Å². The molecule has 240 valence electrons. The fourth-order valence-electron chi connectivity index (χ4n) is 4.59. The van der Waals surface area contributed by atoms with E-state index < -0.39 is 17.8 Å². The molecule has 0 radical (unpaired) electrons. The third-order valence-corrected chi connectivity index (χ3v) is 8.03. The van der Waals surface area contributed by atoms with Crippen LogP contribution in [0.15, 0.2) is 144 Å². The van der Waals surface area contributed by atoms with E-state index in [9.17, 15) is 19.2 Å². The summed E-state index contributed by atoms with van der Waals surface area (Å²) in [6, 6.07) is 39.9. The van der Waals surface area contributed by atoms with Crippen LogP contribution in [0.1, 0.15) is 33.2 Å². The van der Waals surface area contributed by atoms with Crippen LogP contribution in [0.2, 0.25) is 0 Å². The molecule has 0 saturated heterocycles. The average molecular weight is 656 g/mol. The molecule has 0 aromatic heterocycles. The Balaban J connectivity index is 1.21. The summed E-state index contributed by atoms with van der Waals surface area (Å²) in [6.45, 7) is 2.03. The van der Waals surface area contributed by atoms with Gasteiger partial charge < -0.3 is 20.7 Å². The lowest BCUT2D eigenvalue weighted by Crippen LogP contribution is -2.30. The number of thioether (sulfide) groups is 1. The van der Waals surface area contributed by atoms with E-state index in [0.29, 0.717) is 22.5 Å². The van der Waals surface area contributed by atoms with Crippen LogP contribution in [-0.4, -0.2) is 36.1 Å². The molecule has 3 N–H and O–H groups in total. The van der Waals surface area contributed by atoms with Crippen molar-refractivity contribution in [1.29, 1.82) is 0 Å². The van der Waals surface area contributed by atoms with E-state index in [4.69, 9.17) is 4.74 Å². The highest BCUT2D eigenvalue weighted by Gasteiger charge is 2.16. The van der Waals surface area contributed by atoms with Crippen LogP contribution in [-0.2, 0) is 14.3 Å². The highest BCUT2D eigenvalue weighted by molar-refractivity contribution is 8.00. The minimum absolute atomic E-state index is 0.0849. The number of benzene rings is 5. The lowest BCUT2D eigenvalue weighted by molar-refractivity contribution is -0.114. The number of anilines is 2. The lowest BCUT2D eigenvalue weighted by Gasteiger charge is -2.12. The van der Waals surface area contributed by atoms with Gasteiger partial charge in [-0.3, -0.25) is 14.4 Å². The van der Waals surface area contributed by atoms with Crippen LogP contribution in [0.25, 0.3) is 17.2 Å². The first kappa shape index (κ1) is 33.4. The number of rotatable bonds is 12. The van der Waals surface area contributed by atoms with Gasteiger partial charge in [0.25, 0.3) is 11.8 Å². The Morgan fingerprint density at radius 1 is 0.646 bits per heavy atom. The second-order valence-electron chi connectivity index (χ2n) is 10.5. The first-order chi connectivity index (χ1) is 23.4. The molecule has 0 spiro atoms. The summed E-state index contributed by atoms with van der Waals surface area (Å²) >= 11 is 1.34. The molecule has 48 heavy (non-hydrogen) atoms. The summed E-state index contributed by atoms with van der Waals surface area (Å²) in [6.07, 6.45) is 1.64. The summed E-state index contributed by atoms with van der Waals surface area (Å²) in [5.41, 5.74) is 4.87. The molecule has 0 aliphatic rings. The molecule has 8 nitrogen and oxygen atoms in total. The Bertz CT molecular complexity index is 1890. The zero-order valence-corrected chi connectivity index (χ0v) is 27.0. The van der Waals surface area contributed by atoms with Crippen molar-refractivity contribution < 1.29 is 23.9 Å². The number of hydrogen-bond donors (Lipinski definition) is 3. The van der Waals surface area contributed by atoms with Crippen LogP contribution < -0.4 is 16.0 Å². The molecule has 3 amide bonds. The Morgan fingerprint density at radius 2 is 1.23 bits per heavy atom. The van der Waals surface area contributed by atoms with Gasteiger partial charge in [-0.25, -0.2) is 4.79 Å². The Hall–Kier alpha value is -5.93. The molecule has 0 atom stereocenters. The van der Waals surface area contributed by atoms with Gasteiger partial charge in [0.15, 0.2) is 0 Å². The summed E-state index contributed by atoms with van der Waals surface area (Å²) < 4.78 is 4.98. The molecule has 0 aliphatic carbocycles. The molecule has 0 heterocycles. The lowest BCUT2D eigenvalue weighted by atomic mass is 10.0. The highest BCUT2D eigenvalue weighted by Crippen LogP contribution is 2.23. The predicted octanol–water partition coefficient (Wildman–Crippen LogP) is 7.67. The van der Waals surface area contributed by atoms with Gasteiger partial charge in [-0.05, 0) is 90.4 Å². The number of carbonyl (C=O) groups excluding carboxylic acids is 4. The number of nitrogens with one attached hydrogen (secondary N) is 3. The molecule has 0 fully saturated rings. The van der Waals surface area contributed by atoms with Crippen molar-refractivity contribution in [2.45, 2.75) is 11.8 Å². The Labute approximate surface area is 283 Å². The second-order valence-corrected chi connectivity index (χ2v) is 11.5. The third kappa shape index (κ3) is 9.54. The molecule has 5 rings (SSSR count). The van der Waals surface area contributed by atoms with Gasteiger partial charge in [0.1, 0.15) is 5.70 Å². The van der Waals surface area contributed by atoms with Gasteiger partial charge in [0.2, 0.25) is 5.91 Å². The maximum absolute atomic E-state index is 13.5. The number of ether oxygens (including phenoxy) is 1. The van der Waals surface area contributed by atoms with Crippen LogP contribution in [0.3, 0.4) is 0 Å². The van der Waals surface area contributed by atoms with Crippen molar-refractivity contribution in [3.8, 4) is 11.1 Å². The minimum Gasteiger partial charge on any atom is -0.462 e. The minimum atomic E-state index is -0.486. The molecular weight excluding hydrogens is 623 g/mol. The van der Waals surface area contributed by atoms with E-state index in [-0.39, 0.29) is 24.0 Å². The predicted molar refractivity (Wildman–Crippen MR) is 191 cm³/mol. The SMILES string of the molecule is CCOC(=O)c1ccc(NC(=O)CSc2ccc(NC(=O)/C(=C/c3ccc(-c4ccccc4)cc3)NC(=O)c3ccccc3)cc2)cc1. The van der Waals surface area contributed by atoms with Crippen molar-refractivity contribution in [2.24, 2.45) is 0 Å². The van der Waals surface area contributed by atoms with E-state index in [1.165, 1.54) is 11.8 Å². The van der Waals surface area contributed by atoms with Gasteiger partial charge >= 0.3 is 5.97 Å². The number of esters is 1. The van der Waals surface area contributed by atoms with Gasteiger partial charge in [-0.2, -0.15) is 0 Å². The molecule has 9 heteroatoms. The van der Waals surface area contributed by atoms with Gasteiger partial charge in [-0.1, -0.05) is 72.8 Å². The quantitative estimate of drug-likeness (QED) is 0.0722. The summed E-state index contributed by atoms with van der Waals surface area (Å²) in [7, 11) is 0. The van der Waals surface area contributed by atoms with Crippen LogP contribution in [0.5, 0.6) is 0 Å². The molecule has 0 saturated carbocycles. The third-order valence-electron chi connectivity index (χ3n) is 7.02. The van der Waals surface area contributed by atoms with E-state index in [0.717, 1.165) is 21.6 Å². The molecular formula is C39H33N3O5S. The fourth-order valence-corrected chi connectivity index (χ4v) is 5.29. The first-order valence-corrected chi connectivity index (χ1v) is 16.2. The van der Waals surface area contributed by atoms with Crippen molar-refractivity contribution in [2.75, 3.05) is 23.0 Å². The van der Waals surface area contributed by atoms with Crippen molar-refractivity contribution in [3.05, 3.63) is 156 Å². The maximum Gasteiger partial charge on any atom is 0.338 e. The normalized spacial score (nSPS) is 10.9. The second kappa shape index (κ2) is 16.6. The van der Waals surface area contributed by atoms with Crippen LogP contribution in [0, 0.1) is 0 Å². The van der Waals surface area contributed by atoms with Crippen molar-refractivity contribution >= 4 is 52.9 Å².